The first-order chi connectivity index (χ1) is 17.3. The number of carbonyl (C=O) groups is 1. The van der Waals surface area contributed by atoms with Crippen molar-refractivity contribution in [2.45, 2.75) is 40.2 Å². The van der Waals surface area contributed by atoms with Crippen LogP contribution in [-0.2, 0) is 6.42 Å². The largest absolute Gasteiger partial charge is 0.334 e. The fraction of sp³-hybridized carbons (Fsp3) is 0.207. The van der Waals surface area contributed by atoms with Crippen LogP contribution < -0.4 is 10.2 Å². The van der Waals surface area contributed by atoms with Crippen LogP contribution >= 0.6 is 0 Å². The molecule has 1 atom stereocenters. The Morgan fingerprint density at radius 3 is 2.39 bits per heavy atom. The van der Waals surface area contributed by atoms with Gasteiger partial charge in [0, 0.05) is 11.3 Å². The van der Waals surface area contributed by atoms with Gasteiger partial charge in [-0.25, -0.2) is 9.18 Å². The first-order valence-corrected chi connectivity index (χ1v) is 11.9. The fourth-order valence-electron chi connectivity index (χ4n) is 4.68. The highest BCUT2D eigenvalue weighted by Gasteiger charge is 2.36. The monoisotopic (exact) mass is 482 g/mol. The van der Waals surface area contributed by atoms with Gasteiger partial charge in [0.1, 0.15) is 5.82 Å². The number of urea groups is 1. The molecule has 1 aromatic heterocycles. The Kier molecular flexibility index (Phi) is 6.14. The van der Waals surface area contributed by atoms with E-state index in [2.05, 4.69) is 40.6 Å². The number of benzene rings is 3. The average molecular weight is 483 g/mol. The highest BCUT2D eigenvalue weighted by Crippen LogP contribution is 2.39. The maximum atomic E-state index is 13.8. The quantitative estimate of drug-likeness (QED) is 0.341. The predicted molar refractivity (Wildman–Crippen MR) is 138 cm³/mol. The maximum absolute atomic E-state index is 13.8. The van der Waals surface area contributed by atoms with E-state index in [1.165, 1.54) is 17.7 Å². The standard InChI is InChI=1S/C29H27FN4O2/c1-5-20-9-11-21(12-10-20)26-25(28-32-27(33-36-28)22-7-6-8-23(30)16-22)19(4)34(29(35)31-26)24-14-17(2)13-18(3)15-24/h6-16,26H,5H2,1-4H3,(H,31,35). The van der Waals surface area contributed by atoms with Crippen LogP contribution in [0.25, 0.3) is 17.0 Å². The van der Waals surface area contributed by atoms with Crippen LogP contribution in [0.2, 0.25) is 0 Å². The molecule has 5 rings (SSSR count). The summed E-state index contributed by atoms with van der Waals surface area (Å²) < 4.78 is 19.5. The van der Waals surface area contributed by atoms with E-state index >= 15 is 0 Å². The summed E-state index contributed by atoms with van der Waals surface area (Å²) in [6, 6.07) is 19.4. The fourth-order valence-corrected chi connectivity index (χ4v) is 4.68. The van der Waals surface area contributed by atoms with Gasteiger partial charge < -0.3 is 9.84 Å². The molecule has 0 fully saturated rings. The third-order valence-corrected chi connectivity index (χ3v) is 6.41. The zero-order chi connectivity index (χ0) is 25.4. The van der Waals surface area contributed by atoms with E-state index in [-0.39, 0.29) is 23.6 Å². The normalized spacial score (nSPS) is 15.9. The summed E-state index contributed by atoms with van der Waals surface area (Å²) in [6.45, 7) is 7.98. The molecule has 7 heteroatoms. The van der Waals surface area contributed by atoms with Gasteiger partial charge >= 0.3 is 6.03 Å². The van der Waals surface area contributed by atoms with Crippen LogP contribution in [0.3, 0.4) is 0 Å². The smallest absolute Gasteiger partial charge is 0.326 e. The second kappa shape index (κ2) is 9.41. The van der Waals surface area contributed by atoms with Crippen molar-refractivity contribution in [3.05, 3.63) is 106 Å². The summed E-state index contributed by atoms with van der Waals surface area (Å²) in [4.78, 5) is 19.7. The Labute approximate surface area is 209 Å². The van der Waals surface area contributed by atoms with E-state index in [4.69, 9.17) is 4.52 Å². The molecule has 0 bridgehead atoms. The number of allylic oxidation sites excluding steroid dienone is 1. The number of hydrogen-bond donors (Lipinski definition) is 1. The SMILES string of the molecule is CCc1ccc(C2NC(=O)N(c3cc(C)cc(C)c3)C(C)=C2c2nc(-c3cccc(F)c3)no2)cc1. The highest BCUT2D eigenvalue weighted by molar-refractivity contribution is 6.01. The molecule has 1 unspecified atom stereocenters. The average Bonchev–Trinajstić information content (AvgIpc) is 3.33. The first kappa shape index (κ1) is 23.5. The van der Waals surface area contributed by atoms with Crippen molar-refractivity contribution in [1.82, 2.24) is 15.5 Å². The molecular weight excluding hydrogens is 455 g/mol. The number of carbonyl (C=O) groups excluding carboxylic acids is 1. The Bertz CT molecular complexity index is 1450. The molecule has 2 heterocycles. The number of halogens is 1. The molecule has 0 saturated carbocycles. The van der Waals surface area contributed by atoms with Gasteiger partial charge in [-0.2, -0.15) is 4.98 Å². The maximum Gasteiger partial charge on any atom is 0.326 e. The Hall–Kier alpha value is -4.26. The van der Waals surface area contributed by atoms with Gasteiger partial charge in [-0.3, -0.25) is 4.90 Å². The molecule has 1 aliphatic heterocycles. The van der Waals surface area contributed by atoms with Crippen molar-refractivity contribution in [3.8, 4) is 11.4 Å². The molecule has 4 aromatic rings. The van der Waals surface area contributed by atoms with E-state index in [0.717, 1.165) is 28.8 Å². The number of nitrogens with zero attached hydrogens (tertiary/aromatic N) is 3. The summed E-state index contributed by atoms with van der Waals surface area (Å²) in [5, 5.41) is 7.26. The van der Waals surface area contributed by atoms with Gasteiger partial charge in [0.2, 0.25) is 5.82 Å². The number of nitrogens with one attached hydrogen (secondary N) is 1. The molecule has 0 spiro atoms. The van der Waals surface area contributed by atoms with Crippen molar-refractivity contribution >= 4 is 17.3 Å². The van der Waals surface area contributed by atoms with E-state index in [9.17, 15) is 9.18 Å². The number of hydrogen-bond acceptors (Lipinski definition) is 4. The van der Waals surface area contributed by atoms with Crippen molar-refractivity contribution in [2.75, 3.05) is 4.90 Å². The molecule has 6 nitrogen and oxygen atoms in total. The van der Waals surface area contributed by atoms with Gasteiger partial charge in [0.25, 0.3) is 5.89 Å². The summed E-state index contributed by atoms with van der Waals surface area (Å²) in [7, 11) is 0. The molecule has 0 radical (unpaired) electrons. The third kappa shape index (κ3) is 4.40. The molecule has 0 saturated heterocycles. The number of aromatic nitrogens is 2. The second-order valence-corrected chi connectivity index (χ2v) is 9.09. The highest BCUT2D eigenvalue weighted by atomic mass is 19.1. The molecule has 0 aliphatic carbocycles. The molecule has 1 N–H and O–H groups in total. The van der Waals surface area contributed by atoms with Gasteiger partial charge in [0.15, 0.2) is 0 Å². The molecular formula is C29H27FN4O2. The number of amides is 2. The molecule has 182 valence electrons. The Balaban J connectivity index is 1.66. The topological polar surface area (TPSA) is 71.3 Å². The summed E-state index contributed by atoms with van der Waals surface area (Å²) >= 11 is 0. The van der Waals surface area contributed by atoms with Crippen LogP contribution in [0.15, 0.2) is 77.0 Å². The summed E-state index contributed by atoms with van der Waals surface area (Å²) in [5.41, 5.74) is 6.84. The van der Waals surface area contributed by atoms with Crippen molar-refractivity contribution in [2.24, 2.45) is 0 Å². The van der Waals surface area contributed by atoms with E-state index in [1.807, 2.05) is 45.0 Å². The molecule has 3 aromatic carbocycles. The number of rotatable bonds is 5. The van der Waals surface area contributed by atoms with Crippen LogP contribution in [0.1, 0.15) is 48.0 Å². The van der Waals surface area contributed by atoms with E-state index in [1.54, 1.807) is 17.0 Å². The van der Waals surface area contributed by atoms with E-state index in [0.29, 0.717) is 16.8 Å². The molecule has 1 aliphatic rings. The van der Waals surface area contributed by atoms with Crippen LogP contribution in [0.4, 0.5) is 14.9 Å². The second-order valence-electron chi connectivity index (χ2n) is 9.09. The summed E-state index contributed by atoms with van der Waals surface area (Å²) in [5.74, 6) is 0.166. The lowest BCUT2D eigenvalue weighted by Crippen LogP contribution is -2.46. The van der Waals surface area contributed by atoms with Crippen LogP contribution in [0.5, 0.6) is 0 Å². The van der Waals surface area contributed by atoms with Gasteiger partial charge in [-0.15, -0.1) is 0 Å². The Morgan fingerprint density at radius 2 is 1.72 bits per heavy atom. The van der Waals surface area contributed by atoms with Gasteiger partial charge in [-0.05, 0) is 73.7 Å². The lowest BCUT2D eigenvalue weighted by atomic mass is 9.93. The van der Waals surface area contributed by atoms with Crippen molar-refractivity contribution in [1.29, 1.82) is 0 Å². The molecule has 2 amide bonds. The van der Waals surface area contributed by atoms with Crippen LogP contribution in [-0.4, -0.2) is 16.2 Å². The zero-order valence-corrected chi connectivity index (χ0v) is 20.7. The van der Waals surface area contributed by atoms with Gasteiger partial charge in [-0.1, -0.05) is 54.5 Å². The summed E-state index contributed by atoms with van der Waals surface area (Å²) in [6.07, 6.45) is 0.917. The predicted octanol–water partition coefficient (Wildman–Crippen LogP) is 6.76. The lowest BCUT2D eigenvalue weighted by molar-refractivity contribution is 0.244. The van der Waals surface area contributed by atoms with E-state index < -0.39 is 6.04 Å². The number of anilines is 1. The lowest BCUT2D eigenvalue weighted by Gasteiger charge is -2.35. The Morgan fingerprint density at radius 1 is 1.00 bits per heavy atom. The number of aryl methyl sites for hydroxylation is 3. The van der Waals surface area contributed by atoms with Crippen molar-refractivity contribution < 1.29 is 13.7 Å². The minimum absolute atomic E-state index is 0.240. The van der Waals surface area contributed by atoms with Gasteiger partial charge in [0.05, 0.1) is 17.3 Å². The minimum Gasteiger partial charge on any atom is -0.334 e. The first-order valence-electron chi connectivity index (χ1n) is 11.9. The third-order valence-electron chi connectivity index (χ3n) is 6.41. The van der Waals surface area contributed by atoms with Crippen LogP contribution in [0, 0.1) is 19.7 Å². The zero-order valence-electron chi connectivity index (χ0n) is 20.7. The molecule has 36 heavy (non-hydrogen) atoms. The minimum atomic E-state index is -0.494. The van der Waals surface area contributed by atoms with Crippen molar-refractivity contribution in [3.63, 3.8) is 0 Å².